The summed E-state index contributed by atoms with van der Waals surface area (Å²) in [5.74, 6) is -0.631. The minimum atomic E-state index is -4.53. The fraction of sp³-hybridized carbons (Fsp3) is 0.0556. The average Bonchev–Trinajstić information content (AvgIpc) is 3.02. The highest BCUT2D eigenvalue weighted by atomic mass is 35.5. The van der Waals surface area contributed by atoms with E-state index in [-0.39, 0.29) is 16.7 Å². The van der Waals surface area contributed by atoms with E-state index in [0.29, 0.717) is 22.3 Å². The van der Waals surface area contributed by atoms with Gasteiger partial charge in [0, 0.05) is 18.0 Å². The molecule has 3 heterocycles. The van der Waals surface area contributed by atoms with Gasteiger partial charge in [0.05, 0.1) is 27.4 Å². The third-order valence-electron chi connectivity index (χ3n) is 4.08. The Labute approximate surface area is 160 Å². The van der Waals surface area contributed by atoms with Crippen LogP contribution in [0.3, 0.4) is 0 Å². The molecule has 0 aliphatic carbocycles. The van der Waals surface area contributed by atoms with Gasteiger partial charge in [-0.3, -0.25) is 0 Å². The highest BCUT2D eigenvalue weighted by Gasteiger charge is 2.31. The summed E-state index contributed by atoms with van der Waals surface area (Å²) in [5, 5.41) is 4.13. The Morgan fingerprint density at radius 1 is 1.07 bits per heavy atom. The Bertz CT molecular complexity index is 1200. The average molecular weight is 408 g/mol. The van der Waals surface area contributed by atoms with Gasteiger partial charge in [-0.15, -0.1) is 0 Å². The van der Waals surface area contributed by atoms with Crippen LogP contribution >= 0.6 is 11.6 Å². The zero-order valence-electron chi connectivity index (χ0n) is 13.9. The van der Waals surface area contributed by atoms with E-state index in [0.717, 1.165) is 22.8 Å². The lowest BCUT2D eigenvalue weighted by Crippen LogP contribution is -2.06. The summed E-state index contributed by atoms with van der Waals surface area (Å²) in [7, 11) is 0. The minimum absolute atomic E-state index is 0.00755. The molecule has 0 aliphatic rings. The predicted molar refractivity (Wildman–Crippen MR) is 96.0 cm³/mol. The lowest BCUT2D eigenvalue weighted by Gasteiger charge is -2.07. The van der Waals surface area contributed by atoms with Gasteiger partial charge < -0.3 is 5.73 Å². The maximum Gasteiger partial charge on any atom is 0.417 e. The van der Waals surface area contributed by atoms with Crippen LogP contribution in [-0.2, 0) is 6.18 Å². The molecule has 5 nitrogen and oxygen atoms in total. The lowest BCUT2D eigenvalue weighted by atomic mass is 10.0. The van der Waals surface area contributed by atoms with Crippen LogP contribution < -0.4 is 5.73 Å². The molecule has 28 heavy (non-hydrogen) atoms. The van der Waals surface area contributed by atoms with E-state index in [1.165, 1.54) is 24.4 Å². The van der Waals surface area contributed by atoms with Crippen LogP contribution in [-0.4, -0.2) is 19.6 Å². The van der Waals surface area contributed by atoms with Crippen molar-refractivity contribution in [1.82, 2.24) is 19.6 Å². The van der Waals surface area contributed by atoms with Crippen molar-refractivity contribution in [2.45, 2.75) is 6.18 Å². The molecule has 0 spiro atoms. The van der Waals surface area contributed by atoms with Crippen molar-refractivity contribution in [3.8, 4) is 22.5 Å². The van der Waals surface area contributed by atoms with Gasteiger partial charge in [0.15, 0.2) is 0 Å². The third-order valence-corrected chi connectivity index (χ3v) is 4.37. The summed E-state index contributed by atoms with van der Waals surface area (Å²) >= 11 is 5.87. The molecule has 10 heteroatoms. The highest BCUT2D eigenvalue weighted by Crippen LogP contribution is 2.37. The normalized spacial score (nSPS) is 11.9. The van der Waals surface area contributed by atoms with Crippen LogP contribution in [0.1, 0.15) is 5.56 Å². The molecule has 0 bridgehead atoms. The molecule has 0 radical (unpaired) electrons. The Morgan fingerprint density at radius 3 is 2.54 bits per heavy atom. The van der Waals surface area contributed by atoms with E-state index in [4.69, 9.17) is 17.3 Å². The van der Waals surface area contributed by atoms with E-state index < -0.39 is 17.6 Å². The molecule has 0 atom stereocenters. The number of nitrogens with two attached hydrogens (primary N) is 1. The quantitative estimate of drug-likeness (QED) is 0.482. The van der Waals surface area contributed by atoms with Gasteiger partial charge in [0.25, 0.3) is 0 Å². The fourth-order valence-electron chi connectivity index (χ4n) is 2.83. The SMILES string of the molecule is Nc1nccc(-c2c(-c3ccc(F)c(Cl)c3)nn3cc(C(F)(F)F)ccc23)n1. The van der Waals surface area contributed by atoms with Crippen LogP contribution in [0.25, 0.3) is 28.0 Å². The van der Waals surface area contributed by atoms with Crippen molar-refractivity contribution in [3.05, 3.63) is 65.2 Å². The monoisotopic (exact) mass is 407 g/mol. The number of aromatic nitrogens is 4. The van der Waals surface area contributed by atoms with Gasteiger partial charge in [-0.25, -0.2) is 18.9 Å². The van der Waals surface area contributed by atoms with Crippen molar-refractivity contribution in [3.63, 3.8) is 0 Å². The van der Waals surface area contributed by atoms with Crippen molar-refractivity contribution >= 4 is 23.1 Å². The van der Waals surface area contributed by atoms with E-state index in [2.05, 4.69) is 15.1 Å². The summed E-state index contributed by atoms with van der Waals surface area (Å²) in [6.07, 6.45) is -2.23. The number of hydrogen-bond acceptors (Lipinski definition) is 4. The number of rotatable bonds is 2. The maximum absolute atomic E-state index is 13.6. The van der Waals surface area contributed by atoms with Gasteiger partial charge in [0.1, 0.15) is 11.5 Å². The molecular formula is C18H10ClF4N5. The second kappa shape index (κ2) is 6.45. The van der Waals surface area contributed by atoms with Crippen LogP contribution in [0.4, 0.5) is 23.5 Å². The van der Waals surface area contributed by atoms with Crippen LogP contribution in [0, 0.1) is 5.82 Å². The molecule has 0 unspecified atom stereocenters. The first-order valence-corrected chi connectivity index (χ1v) is 8.26. The zero-order valence-corrected chi connectivity index (χ0v) is 14.6. The summed E-state index contributed by atoms with van der Waals surface area (Å²) in [6, 6.07) is 7.73. The number of fused-ring (bicyclic) bond motifs is 1. The minimum Gasteiger partial charge on any atom is -0.368 e. The van der Waals surface area contributed by atoms with Crippen LogP contribution in [0.2, 0.25) is 5.02 Å². The molecule has 0 amide bonds. The topological polar surface area (TPSA) is 69.1 Å². The number of nitrogen functional groups attached to an aromatic ring is 1. The van der Waals surface area contributed by atoms with E-state index in [1.807, 2.05) is 0 Å². The van der Waals surface area contributed by atoms with Gasteiger partial charge in [-0.2, -0.15) is 18.3 Å². The smallest absolute Gasteiger partial charge is 0.368 e. The highest BCUT2D eigenvalue weighted by molar-refractivity contribution is 6.31. The number of pyridine rings is 1. The summed E-state index contributed by atoms with van der Waals surface area (Å²) < 4.78 is 53.9. The standard InChI is InChI=1S/C18H10ClF4N5/c19-11-7-9(1-3-12(11)20)16-15(13-5-6-25-17(24)26-13)14-4-2-10(18(21,22)23)8-28(14)27-16/h1-8H,(H2,24,25,26). The van der Waals surface area contributed by atoms with Crippen molar-refractivity contribution < 1.29 is 17.6 Å². The first kappa shape index (κ1) is 18.2. The van der Waals surface area contributed by atoms with Gasteiger partial charge in [0.2, 0.25) is 5.95 Å². The molecule has 0 saturated heterocycles. The number of alkyl halides is 3. The predicted octanol–water partition coefficient (Wildman–Crippen LogP) is 4.85. The van der Waals surface area contributed by atoms with Gasteiger partial charge in [-0.05, 0) is 36.4 Å². The number of halogens is 5. The number of anilines is 1. The largest absolute Gasteiger partial charge is 0.417 e. The summed E-state index contributed by atoms with van der Waals surface area (Å²) in [5.41, 5.74) is 6.63. The van der Waals surface area contributed by atoms with Gasteiger partial charge >= 0.3 is 6.18 Å². The lowest BCUT2D eigenvalue weighted by molar-refractivity contribution is -0.137. The molecule has 3 aromatic heterocycles. The molecular weight excluding hydrogens is 398 g/mol. The van der Waals surface area contributed by atoms with Crippen LogP contribution in [0.15, 0.2) is 48.8 Å². The van der Waals surface area contributed by atoms with Crippen molar-refractivity contribution in [2.24, 2.45) is 0 Å². The Kier molecular flexibility index (Phi) is 4.19. The Hall–Kier alpha value is -3.20. The molecule has 0 fully saturated rings. The number of benzene rings is 1. The first-order chi connectivity index (χ1) is 13.2. The molecule has 0 saturated carbocycles. The van der Waals surface area contributed by atoms with Crippen LogP contribution in [0.5, 0.6) is 0 Å². The summed E-state index contributed by atoms with van der Waals surface area (Å²) in [6.45, 7) is 0. The Balaban J connectivity index is 2.04. The fourth-order valence-corrected chi connectivity index (χ4v) is 3.01. The molecule has 2 N–H and O–H groups in total. The van der Waals surface area contributed by atoms with Crippen molar-refractivity contribution in [2.75, 3.05) is 5.73 Å². The Morgan fingerprint density at radius 2 is 1.86 bits per heavy atom. The van der Waals surface area contributed by atoms with E-state index in [1.54, 1.807) is 6.07 Å². The van der Waals surface area contributed by atoms with Gasteiger partial charge in [-0.1, -0.05) is 11.6 Å². The second-order valence-electron chi connectivity index (χ2n) is 5.90. The number of hydrogen-bond donors (Lipinski definition) is 1. The number of nitrogens with zero attached hydrogens (tertiary/aromatic N) is 4. The second-order valence-corrected chi connectivity index (χ2v) is 6.31. The molecule has 142 valence electrons. The molecule has 4 rings (SSSR count). The zero-order chi connectivity index (χ0) is 20.1. The molecule has 0 aliphatic heterocycles. The maximum atomic E-state index is 13.6. The van der Waals surface area contributed by atoms with Crippen molar-refractivity contribution in [1.29, 1.82) is 0 Å². The molecule has 1 aromatic carbocycles. The first-order valence-electron chi connectivity index (χ1n) is 7.88. The molecule has 4 aromatic rings. The van der Waals surface area contributed by atoms with E-state index >= 15 is 0 Å². The third kappa shape index (κ3) is 3.13. The summed E-state index contributed by atoms with van der Waals surface area (Å²) in [4.78, 5) is 7.97. The van der Waals surface area contributed by atoms with E-state index in [9.17, 15) is 17.6 Å².